The predicted molar refractivity (Wildman–Crippen MR) is 72.9 cm³/mol. The smallest absolute Gasteiger partial charge is 0.316 e. The largest absolute Gasteiger partial charge is 0.465 e. The van der Waals surface area contributed by atoms with E-state index in [4.69, 9.17) is 4.74 Å². The minimum absolute atomic E-state index is 0.111. The quantitative estimate of drug-likeness (QED) is 0.406. The monoisotopic (exact) mass is 240 g/mol. The van der Waals surface area contributed by atoms with Crippen LogP contribution in [0.2, 0.25) is 0 Å². The summed E-state index contributed by atoms with van der Waals surface area (Å²) in [6.07, 6.45) is 4.00. The number of ether oxygens (including phenoxy) is 1. The molecule has 0 aromatic carbocycles. The fourth-order valence-corrected chi connectivity index (χ4v) is 1.62. The predicted octanol–water partition coefficient (Wildman–Crippen LogP) is 4.35. The van der Waals surface area contributed by atoms with Gasteiger partial charge in [0, 0.05) is 0 Å². The standard InChI is InChI=1S/C15H28O2/c1-8-9-10-17-13(16)15(7,11-12(2)3)14(4,5)6/h11H,8-10H2,1-7H3. The van der Waals surface area contributed by atoms with Crippen LogP contribution in [0.1, 0.15) is 61.3 Å². The van der Waals surface area contributed by atoms with Crippen molar-refractivity contribution < 1.29 is 9.53 Å². The number of carbonyl (C=O) groups is 1. The van der Waals surface area contributed by atoms with Gasteiger partial charge in [-0.1, -0.05) is 45.8 Å². The van der Waals surface area contributed by atoms with Crippen molar-refractivity contribution in [3.05, 3.63) is 11.6 Å². The van der Waals surface area contributed by atoms with E-state index in [1.165, 1.54) is 0 Å². The zero-order valence-corrected chi connectivity index (χ0v) is 12.5. The van der Waals surface area contributed by atoms with E-state index in [2.05, 4.69) is 27.7 Å². The molecule has 2 nitrogen and oxygen atoms in total. The van der Waals surface area contributed by atoms with Crippen molar-refractivity contribution >= 4 is 5.97 Å². The van der Waals surface area contributed by atoms with Gasteiger partial charge < -0.3 is 4.74 Å². The van der Waals surface area contributed by atoms with Crippen molar-refractivity contribution in [1.29, 1.82) is 0 Å². The van der Waals surface area contributed by atoms with Crippen LogP contribution >= 0.6 is 0 Å². The number of rotatable bonds is 5. The lowest BCUT2D eigenvalue weighted by Crippen LogP contribution is -2.40. The molecule has 1 atom stereocenters. The first-order valence-electron chi connectivity index (χ1n) is 6.48. The lowest BCUT2D eigenvalue weighted by atomic mass is 9.67. The van der Waals surface area contributed by atoms with Gasteiger partial charge in [-0.2, -0.15) is 0 Å². The molecule has 0 fully saturated rings. The highest BCUT2D eigenvalue weighted by atomic mass is 16.5. The summed E-state index contributed by atoms with van der Waals surface area (Å²) in [4.78, 5) is 12.3. The van der Waals surface area contributed by atoms with Gasteiger partial charge in [-0.25, -0.2) is 0 Å². The number of hydrogen-bond donors (Lipinski definition) is 0. The normalized spacial score (nSPS) is 15.0. The van der Waals surface area contributed by atoms with Crippen molar-refractivity contribution in [2.75, 3.05) is 6.61 Å². The van der Waals surface area contributed by atoms with E-state index >= 15 is 0 Å². The summed E-state index contributed by atoms with van der Waals surface area (Å²) in [7, 11) is 0. The second-order valence-corrected chi connectivity index (χ2v) is 6.16. The van der Waals surface area contributed by atoms with E-state index in [0.29, 0.717) is 6.61 Å². The van der Waals surface area contributed by atoms with Crippen LogP contribution in [0.3, 0.4) is 0 Å². The van der Waals surface area contributed by atoms with Crippen LogP contribution in [-0.4, -0.2) is 12.6 Å². The van der Waals surface area contributed by atoms with Crippen molar-refractivity contribution in [3.63, 3.8) is 0 Å². The van der Waals surface area contributed by atoms with Gasteiger partial charge in [0.15, 0.2) is 0 Å². The summed E-state index contributed by atoms with van der Waals surface area (Å²) in [5.41, 5.74) is 0.447. The number of hydrogen-bond acceptors (Lipinski definition) is 2. The van der Waals surface area contributed by atoms with Gasteiger partial charge in [0.25, 0.3) is 0 Å². The highest BCUT2D eigenvalue weighted by Gasteiger charge is 2.43. The Balaban J connectivity index is 4.95. The molecule has 0 rings (SSSR count). The first kappa shape index (κ1) is 16.2. The molecule has 0 saturated heterocycles. The van der Waals surface area contributed by atoms with E-state index in [-0.39, 0.29) is 11.4 Å². The van der Waals surface area contributed by atoms with E-state index in [1.807, 2.05) is 26.8 Å². The lowest BCUT2D eigenvalue weighted by molar-refractivity contribution is -0.157. The molecule has 0 aliphatic rings. The molecule has 100 valence electrons. The maximum Gasteiger partial charge on any atom is 0.316 e. The van der Waals surface area contributed by atoms with E-state index in [0.717, 1.165) is 18.4 Å². The van der Waals surface area contributed by atoms with Crippen molar-refractivity contribution in [2.24, 2.45) is 10.8 Å². The van der Waals surface area contributed by atoms with Gasteiger partial charge >= 0.3 is 5.97 Å². The molecule has 2 heteroatoms. The average molecular weight is 240 g/mol. The topological polar surface area (TPSA) is 26.3 Å². The molecule has 1 unspecified atom stereocenters. The van der Waals surface area contributed by atoms with Crippen LogP contribution in [-0.2, 0) is 9.53 Å². The zero-order chi connectivity index (χ0) is 13.7. The Kier molecular flexibility index (Phi) is 5.94. The van der Waals surface area contributed by atoms with Crippen LogP contribution in [0.15, 0.2) is 11.6 Å². The summed E-state index contributed by atoms with van der Waals surface area (Å²) in [6, 6.07) is 0. The molecule has 17 heavy (non-hydrogen) atoms. The van der Waals surface area contributed by atoms with Crippen molar-refractivity contribution in [1.82, 2.24) is 0 Å². The van der Waals surface area contributed by atoms with Gasteiger partial charge in [-0.15, -0.1) is 0 Å². The Morgan fingerprint density at radius 3 is 2.06 bits per heavy atom. The molecule has 0 aliphatic carbocycles. The van der Waals surface area contributed by atoms with Crippen molar-refractivity contribution in [2.45, 2.75) is 61.3 Å². The molecule has 0 aromatic rings. The number of esters is 1. The Labute approximate surface area is 106 Å². The molecule has 0 aromatic heterocycles. The first-order chi connectivity index (χ1) is 7.65. The van der Waals surface area contributed by atoms with Gasteiger partial charge in [0.05, 0.1) is 12.0 Å². The van der Waals surface area contributed by atoms with E-state index < -0.39 is 5.41 Å². The number of unbranched alkanes of at least 4 members (excludes halogenated alkanes) is 1. The first-order valence-corrected chi connectivity index (χ1v) is 6.48. The third-order valence-corrected chi connectivity index (χ3v) is 3.29. The summed E-state index contributed by atoms with van der Waals surface area (Å²) in [5.74, 6) is -0.111. The second kappa shape index (κ2) is 6.23. The molecule has 0 radical (unpaired) electrons. The third kappa shape index (κ3) is 4.53. The molecule has 0 amide bonds. The molecule has 0 saturated carbocycles. The number of carbonyl (C=O) groups excluding carboxylic acids is 1. The van der Waals surface area contributed by atoms with Crippen LogP contribution in [0.4, 0.5) is 0 Å². The van der Waals surface area contributed by atoms with E-state index in [9.17, 15) is 4.79 Å². The van der Waals surface area contributed by atoms with Gasteiger partial charge in [0.2, 0.25) is 0 Å². The molecule has 0 heterocycles. The molecule has 0 N–H and O–H groups in total. The minimum Gasteiger partial charge on any atom is -0.465 e. The van der Waals surface area contributed by atoms with E-state index in [1.54, 1.807) is 0 Å². The minimum atomic E-state index is -0.556. The summed E-state index contributed by atoms with van der Waals surface area (Å²) in [6.45, 7) is 14.8. The molecule has 0 aliphatic heterocycles. The molecule has 0 bridgehead atoms. The summed E-state index contributed by atoms with van der Waals surface area (Å²) < 4.78 is 5.39. The summed E-state index contributed by atoms with van der Waals surface area (Å²) >= 11 is 0. The highest BCUT2D eigenvalue weighted by molar-refractivity contribution is 5.79. The van der Waals surface area contributed by atoms with Gasteiger partial charge in [-0.05, 0) is 32.6 Å². The van der Waals surface area contributed by atoms with Gasteiger partial charge in [0.1, 0.15) is 0 Å². The maximum absolute atomic E-state index is 12.3. The lowest BCUT2D eigenvalue weighted by Gasteiger charge is -2.37. The fraction of sp³-hybridized carbons (Fsp3) is 0.800. The van der Waals surface area contributed by atoms with Crippen LogP contribution < -0.4 is 0 Å². The molecular weight excluding hydrogens is 212 g/mol. The SMILES string of the molecule is CCCCOC(=O)C(C)(C=C(C)C)C(C)(C)C. The van der Waals surface area contributed by atoms with Crippen LogP contribution in [0.25, 0.3) is 0 Å². The Morgan fingerprint density at radius 1 is 1.18 bits per heavy atom. The third-order valence-electron chi connectivity index (χ3n) is 3.29. The highest BCUT2D eigenvalue weighted by Crippen LogP contribution is 2.41. The van der Waals surface area contributed by atoms with Crippen LogP contribution in [0, 0.1) is 10.8 Å². The zero-order valence-electron chi connectivity index (χ0n) is 12.5. The molecular formula is C15H28O2. The Bertz CT molecular complexity index is 280. The average Bonchev–Trinajstić information content (AvgIpc) is 2.15. The number of allylic oxidation sites excluding steroid dienone is 1. The maximum atomic E-state index is 12.3. The Morgan fingerprint density at radius 2 is 1.71 bits per heavy atom. The molecule has 0 spiro atoms. The van der Waals surface area contributed by atoms with Gasteiger partial charge in [-0.3, -0.25) is 4.79 Å². The second-order valence-electron chi connectivity index (χ2n) is 6.16. The Hall–Kier alpha value is -0.790. The van der Waals surface area contributed by atoms with Crippen LogP contribution in [0.5, 0.6) is 0 Å². The fourth-order valence-electron chi connectivity index (χ4n) is 1.62. The summed E-state index contributed by atoms with van der Waals surface area (Å²) in [5, 5.41) is 0. The van der Waals surface area contributed by atoms with Crippen molar-refractivity contribution in [3.8, 4) is 0 Å².